The quantitative estimate of drug-likeness (QED) is 0.512. The minimum atomic E-state index is -4.64. The fraction of sp³-hybridized carbons (Fsp3) is 0.438. The number of likely N-dealkylation sites (N-methyl/N-ethyl adjacent to an activating group) is 1. The van der Waals surface area contributed by atoms with Gasteiger partial charge in [0, 0.05) is 28.7 Å². The molecule has 1 aliphatic carbocycles. The number of nitrogens with one attached hydrogen (secondary N) is 1. The first kappa shape index (κ1) is 19.6. The highest BCUT2D eigenvalue weighted by Crippen LogP contribution is 2.33. The number of aromatic nitrogens is 1. The van der Waals surface area contributed by atoms with Crippen molar-refractivity contribution in [2.45, 2.75) is 32.2 Å². The molecule has 1 heterocycles. The van der Waals surface area contributed by atoms with E-state index in [2.05, 4.69) is 30.1 Å². The Morgan fingerprint density at radius 1 is 1.36 bits per heavy atom. The molecule has 6 N–H and O–H groups in total. The predicted molar refractivity (Wildman–Crippen MR) is 95.2 cm³/mol. The number of hydrogen-bond acceptors (Lipinski definition) is 3. The van der Waals surface area contributed by atoms with Gasteiger partial charge in [-0.1, -0.05) is 6.92 Å². The van der Waals surface area contributed by atoms with E-state index in [1.54, 1.807) is 0 Å². The number of hydrogen-bond donors (Lipinski definition) is 5. The SMILES string of the molecule is CCCN(C)C1Cc2c[nH]c3ccc(C(N)=O)c(c23)C1.O=P(O)(O)O. The van der Waals surface area contributed by atoms with Crippen molar-refractivity contribution in [2.24, 2.45) is 5.73 Å². The van der Waals surface area contributed by atoms with E-state index < -0.39 is 7.82 Å². The van der Waals surface area contributed by atoms with Crippen LogP contribution >= 0.6 is 7.82 Å². The zero-order valence-corrected chi connectivity index (χ0v) is 15.2. The van der Waals surface area contributed by atoms with Crippen LogP contribution in [0.25, 0.3) is 10.9 Å². The highest BCUT2D eigenvalue weighted by atomic mass is 31.2. The van der Waals surface area contributed by atoms with Crippen LogP contribution in [0.15, 0.2) is 18.3 Å². The summed E-state index contributed by atoms with van der Waals surface area (Å²) in [5.74, 6) is -0.326. The van der Waals surface area contributed by atoms with E-state index in [-0.39, 0.29) is 5.91 Å². The van der Waals surface area contributed by atoms with E-state index in [4.69, 9.17) is 25.0 Å². The minimum Gasteiger partial charge on any atom is -0.366 e. The highest BCUT2D eigenvalue weighted by Gasteiger charge is 2.27. The Labute approximate surface area is 145 Å². The second-order valence-corrected chi connectivity index (χ2v) is 7.27. The number of phosphoric acid groups is 1. The molecule has 1 aromatic heterocycles. The van der Waals surface area contributed by atoms with Crippen LogP contribution in [-0.4, -0.2) is 50.1 Å². The summed E-state index contributed by atoms with van der Waals surface area (Å²) in [7, 11) is -2.48. The van der Waals surface area contributed by atoms with Gasteiger partial charge in [0.15, 0.2) is 0 Å². The van der Waals surface area contributed by atoms with Gasteiger partial charge in [-0.15, -0.1) is 0 Å². The molecule has 1 amide bonds. The fourth-order valence-corrected chi connectivity index (χ4v) is 3.38. The summed E-state index contributed by atoms with van der Waals surface area (Å²) in [4.78, 5) is 38.9. The Bertz CT molecular complexity index is 805. The van der Waals surface area contributed by atoms with Crippen LogP contribution < -0.4 is 5.73 Å². The maximum Gasteiger partial charge on any atom is 0.466 e. The van der Waals surface area contributed by atoms with Crippen LogP contribution in [0.3, 0.4) is 0 Å². The van der Waals surface area contributed by atoms with Crippen molar-refractivity contribution >= 4 is 24.6 Å². The number of carbonyl (C=O) groups is 1. The number of rotatable bonds is 4. The molecule has 0 bridgehead atoms. The van der Waals surface area contributed by atoms with Crippen molar-refractivity contribution in [3.8, 4) is 0 Å². The van der Waals surface area contributed by atoms with E-state index in [0.717, 1.165) is 36.9 Å². The average molecular weight is 369 g/mol. The normalized spacial score (nSPS) is 16.6. The number of aromatic amines is 1. The van der Waals surface area contributed by atoms with Gasteiger partial charge in [-0.05, 0) is 56.1 Å². The first-order valence-electron chi connectivity index (χ1n) is 8.02. The summed E-state index contributed by atoms with van der Waals surface area (Å²) in [6.45, 7) is 3.27. The van der Waals surface area contributed by atoms with Crippen LogP contribution in [0.2, 0.25) is 0 Å². The Hall–Kier alpha value is -1.70. The predicted octanol–water partition coefficient (Wildman–Crippen LogP) is 1.15. The van der Waals surface area contributed by atoms with Crippen LogP contribution in [-0.2, 0) is 17.4 Å². The van der Waals surface area contributed by atoms with Gasteiger partial charge >= 0.3 is 7.82 Å². The average Bonchev–Trinajstić information content (AvgIpc) is 2.90. The summed E-state index contributed by atoms with van der Waals surface area (Å²) in [5.41, 5.74) is 9.74. The van der Waals surface area contributed by atoms with Crippen molar-refractivity contribution in [3.63, 3.8) is 0 Å². The molecule has 1 unspecified atom stereocenters. The lowest BCUT2D eigenvalue weighted by atomic mass is 9.85. The lowest BCUT2D eigenvalue weighted by molar-refractivity contribution is 0.0999. The largest absolute Gasteiger partial charge is 0.466 e. The van der Waals surface area contributed by atoms with Gasteiger partial charge in [0.1, 0.15) is 0 Å². The molecule has 1 aliphatic rings. The first-order chi connectivity index (χ1) is 11.6. The third-order valence-electron chi connectivity index (χ3n) is 4.40. The number of nitrogens with zero attached hydrogens (tertiary/aromatic N) is 1. The van der Waals surface area contributed by atoms with Gasteiger partial charge in [-0.2, -0.15) is 0 Å². The molecule has 1 aromatic carbocycles. The Morgan fingerprint density at radius 2 is 2.00 bits per heavy atom. The van der Waals surface area contributed by atoms with E-state index in [1.807, 2.05) is 12.1 Å². The van der Waals surface area contributed by atoms with Crippen LogP contribution in [0.1, 0.15) is 34.8 Å². The standard InChI is InChI=1S/C16H21N3O.H3O4P/c1-3-6-19(2)11-7-10-9-18-14-5-4-12(16(17)20)13(8-11)15(10)14;1-5(2,3)4/h4-5,9,11,18H,3,6-8H2,1-2H3,(H2,17,20);(H3,1,2,3,4). The van der Waals surface area contributed by atoms with Crippen molar-refractivity contribution in [1.29, 1.82) is 0 Å². The van der Waals surface area contributed by atoms with E-state index in [1.165, 1.54) is 10.9 Å². The first-order valence-corrected chi connectivity index (χ1v) is 9.58. The van der Waals surface area contributed by atoms with Gasteiger partial charge in [-0.3, -0.25) is 4.79 Å². The topological polar surface area (TPSA) is 140 Å². The molecule has 138 valence electrons. The van der Waals surface area contributed by atoms with Crippen molar-refractivity contribution < 1.29 is 24.0 Å². The maximum atomic E-state index is 11.7. The number of nitrogens with two attached hydrogens (primary N) is 1. The van der Waals surface area contributed by atoms with Crippen molar-refractivity contribution in [2.75, 3.05) is 13.6 Å². The summed E-state index contributed by atoms with van der Waals surface area (Å²) < 4.78 is 8.88. The fourth-order valence-electron chi connectivity index (χ4n) is 3.38. The van der Waals surface area contributed by atoms with Crippen molar-refractivity contribution in [3.05, 3.63) is 35.0 Å². The molecule has 1 atom stereocenters. The zero-order valence-electron chi connectivity index (χ0n) is 14.3. The van der Waals surface area contributed by atoms with Gasteiger partial charge < -0.3 is 30.3 Å². The molecule has 3 rings (SSSR count). The monoisotopic (exact) mass is 369 g/mol. The van der Waals surface area contributed by atoms with Gasteiger partial charge in [-0.25, -0.2) is 4.57 Å². The molecule has 0 spiro atoms. The zero-order chi connectivity index (χ0) is 18.8. The molecule has 2 aromatic rings. The summed E-state index contributed by atoms with van der Waals surface area (Å²) in [5, 5.41) is 1.21. The molecule has 0 fully saturated rings. The molecule has 0 aliphatic heterocycles. The smallest absolute Gasteiger partial charge is 0.366 e. The molecule has 8 nitrogen and oxygen atoms in total. The lowest BCUT2D eigenvalue weighted by Gasteiger charge is -2.31. The molecular weight excluding hydrogens is 345 g/mol. The van der Waals surface area contributed by atoms with E-state index in [9.17, 15) is 4.79 Å². The lowest BCUT2D eigenvalue weighted by Crippen LogP contribution is -2.38. The number of amides is 1. The number of benzene rings is 1. The van der Waals surface area contributed by atoms with Crippen molar-refractivity contribution in [1.82, 2.24) is 9.88 Å². The molecule has 0 saturated carbocycles. The van der Waals surface area contributed by atoms with Crippen LogP contribution in [0, 0.1) is 0 Å². The Kier molecular flexibility index (Phi) is 6.03. The number of H-pyrrole nitrogens is 1. The molecule has 0 saturated heterocycles. The third-order valence-corrected chi connectivity index (χ3v) is 4.40. The van der Waals surface area contributed by atoms with E-state index in [0.29, 0.717) is 11.6 Å². The third kappa shape index (κ3) is 4.90. The van der Waals surface area contributed by atoms with Gasteiger partial charge in [0.05, 0.1) is 0 Å². The summed E-state index contributed by atoms with van der Waals surface area (Å²) >= 11 is 0. The minimum absolute atomic E-state index is 0.326. The Balaban J connectivity index is 0.000000399. The van der Waals surface area contributed by atoms with Gasteiger partial charge in [0.2, 0.25) is 5.91 Å². The molecule has 9 heteroatoms. The molecular formula is C16H24N3O5P. The summed E-state index contributed by atoms with van der Waals surface area (Å²) in [6.07, 6.45) is 5.15. The highest BCUT2D eigenvalue weighted by molar-refractivity contribution is 7.45. The maximum absolute atomic E-state index is 11.7. The van der Waals surface area contributed by atoms with Crippen LogP contribution in [0.4, 0.5) is 0 Å². The second-order valence-electron chi connectivity index (χ2n) is 6.25. The van der Waals surface area contributed by atoms with E-state index >= 15 is 0 Å². The van der Waals surface area contributed by atoms with Crippen LogP contribution in [0.5, 0.6) is 0 Å². The molecule has 25 heavy (non-hydrogen) atoms. The summed E-state index contributed by atoms with van der Waals surface area (Å²) in [6, 6.07) is 4.25. The Morgan fingerprint density at radius 3 is 2.56 bits per heavy atom. The molecule has 0 radical (unpaired) electrons. The second kappa shape index (κ2) is 7.68. The van der Waals surface area contributed by atoms with Gasteiger partial charge in [0.25, 0.3) is 0 Å². The number of primary amides is 1. The number of carbonyl (C=O) groups excluding carboxylic acids is 1.